The average molecular weight is 157 g/mol. The SMILES string of the molecule is C=CNC(=O)CCC(=O)NN. The van der Waals surface area contributed by atoms with E-state index in [0.29, 0.717) is 0 Å². The summed E-state index contributed by atoms with van der Waals surface area (Å²) in [5.41, 5.74) is 1.92. The summed E-state index contributed by atoms with van der Waals surface area (Å²) in [7, 11) is 0. The molecule has 0 unspecified atom stereocenters. The van der Waals surface area contributed by atoms with Crippen LogP contribution in [0, 0.1) is 0 Å². The van der Waals surface area contributed by atoms with Crippen molar-refractivity contribution in [1.29, 1.82) is 0 Å². The van der Waals surface area contributed by atoms with Crippen molar-refractivity contribution in [3.05, 3.63) is 12.8 Å². The van der Waals surface area contributed by atoms with Gasteiger partial charge in [0.25, 0.3) is 0 Å². The quantitative estimate of drug-likeness (QED) is 0.278. The summed E-state index contributed by atoms with van der Waals surface area (Å²) in [5, 5.41) is 2.33. The molecule has 4 N–H and O–H groups in total. The second kappa shape index (κ2) is 5.43. The summed E-state index contributed by atoms with van der Waals surface area (Å²) in [6.07, 6.45) is 1.48. The highest BCUT2D eigenvalue weighted by Gasteiger charge is 2.02. The first-order chi connectivity index (χ1) is 5.20. The molecular formula is C6H11N3O2. The monoisotopic (exact) mass is 157 g/mol. The molecule has 0 spiro atoms. The van der Waals surface area contributed by atoms with E-state index in [1.54, 1.807) is 0 Å². The average Bonchev–Trinajstić information content (AvgIpc) is 2.01. The van der Waals surface area contributed by atoms with E-state index in [1.165, 1.54) is 6.20 Å². The fourth-order valence-corrected chi connectivity index (χ4v) is 0.485. The smallest absolute Gasteiger partial charge is 0.234 e. The second-order valence-corrected chi connectivity index (χ2v) is 1.84. The molecule has 0 aliphatic rings. The van der Waals surface area contributed by atoms with Crippen LogP contribution in [0.3, 0.4) is 0 Å². The maximum absolute atomic E-state index is 10.7. The first kappa shape index (κ1) is 9.64. The number of carbonyl (C=O) groups is 2. The highest BCUT2D eigenvalue weighted by molar-refractivity contribution is 5.83. The first-order valence-electron chi connectivity index (χ1n) is 3.10. The molecule has 0 rings (SSSR count). The number of hydrogen-bond acceptors (Lipinski definition) is 3. The fourth-order valence-electron chi connectivity index (χ4n) is 0.485. The Bertz CT molecular complexity index is 167. The fraction of sp³-hybridized carbons (Fsp3) is 0.333. The molecule has 0 saturated heterocycles. The van der Waals surface area contributed by atoms with Crippen molar-refractivity contribution >= 4 is 11.8 Å². The Morgan fingerprint density at radius 1 is 1.36 bits per heavy atom. The molecule has 5 nitrogen and oxygen atoms in total. The summed E-state index contributed by atoms with van der Waals surface area (Å²) >= 11 is 0. The zero-order valence-corrected chi connectivity index (χ0v) is 6.09. The predicted molar refractivity (Wildman–Crippen MR) is 39.9 cm³/mol. The van der Waals surface area contributed by atoms with Crippen LogP contribution in [0.2, 0.25) is 0 Å². The lowest BCUT2D eigenvalue weighted by atomic mass is 10.3. The molecule has 0 atom stereocenters. The van der Waals surface area contributed by atoms with Crippen molar-refractivity contribution in [2.45, 2.75) is 12.8 Å². The van der Waals surface area contributed by atoms with Gasteiger partial charge in [0.05, 0.1) is 0 Å². The molecule has 5 heteroatoms. The predicted octanol–water partition coefficient (Wildman–Crippen LogP) is -0.984. The zero-order chi connectivity index (χ0) is 8.69. The van der Waals surface area contributed by atoms with Gasteiger partial charge in [0, 0.05) is 12.8 Å². The van der Waals surface area contributed by atoms with Crippen molar-refractivity contribution in [1.82, 2.24) is 10.7 Å². The van der Waals surface area contributed by atoms with E-state index in [1.807, 2.05) is 5.43 Å². The van der Waals surface area contributed by atoms with Gasteiger partial charge in [-0.25, -0.2) is 5.84 Å². The van der Waals surface area contributed by atoms with Crippen LogP contribution in [0.15, 0.2) is 12.8 Å². The minimum atomic E-state index is -0.357. The summed E-state index contributed by atoms with van der Waals surface area (Å²) < 4.78 is 0. The van der Waals surface area contributed by atoms with Gasteiger partial charge in [0.2, 0.25) is 11.8 Å². The van der Waals surface area contributed by atoms with Gasteiger partial charge in [0.15, 0.2) is 0 Å². The molecule has 0 fully saturated rings. The number of carbonyl (C=O) groups excluding carboxylic acids is 2. The number of hydrogen-bond donors (Lipinski definition) is 3. The van der Waals surface area contributed by atoms with Gasteiger partial charge < -0.3 is 5.32 Å². The number of nitrogens with one attached hydrogen (secondary N) is 2. The summed E-state index contributed by atoms with van der Waals surface area (Å²) in [4.78, 5) is 21.1. The van der Waals surface area contributed by atoms with Gasteiger partial charge in [0.1, 0.15) is 0 Å². The van der Waals surface area contributed by atoms with Crippen LogP contribution < -0.4 is 16.6 Å². The van der Waals surface area contributed by atoms with Crippen LogP contribution in [0.4, 0.5) is 0 Å². The van der Waals surface area contributed by atoms with Crippen molar-refractivity contribution in [3.8, 4) is 0 Å². The van der Waals surface area contributed by atoms with Crippen LogP contribution in [-0.4, -0.2) is 11.8 Å². The van der Waals surface area contributed by atoms with Gasteiger partial charge in [-0.2, -0.15) is 0 Å². The van der Waals surface area contributed by atoms with E-state index in [-0.39, 0.29) is 24.7 Å². The summed E-state index contributed by atoms with van der Waals surface area (Å²) in [5.74, 6) is 4.18. The Hall–Kier alpha value is -1.36. The van der Waals surface area contributed by atoms with Crippen molar-refractivity contribution < 1.29 is 9.59 Å². The summed E-state index contributed by atoms with van der Waals surface area (Å²) in [6.45, 7) is 3.29. The zero-order valence-electron chi connectivity index (χ0n) is 6.09. The molecule has 0 saturated carbocycles. The van der Waals surface area contributed by atoms with Crippen LogP contribution >= 0.6 is 0 Å². The maximum atomic E-state index is 10.7. The van der Waals surface area contributed by atoms with Crippen LogP contribution in [0.25, 0.3) is 0 Å². The molecule has 0 aromatic carbocycles. The third-order valence-corrected chi connectivity index (χ3v) is 1.00. The highest BCUT2D eigenvalue weighted by Crippen LogP contribution is 1.87. The first-order valence-corrected chi connectivity index (χ1v) is 3.10. The molecule has 0 bridgehead atoms. The topological polar surface area (TPSA) is 84.2 Å². The lowest BCUT2D eigenvalue weighted by molar-refractivity contribution is -0.126. The molecule has 0 aromatic rings. The van der Waals surface area contributed by atoms with Crippen molar-refractivity contribution in [3.63, 3.8) is 0 Å². The van der Waals surface area contributed by atoms with E-state index in [2.05, 4.69) is 11.9 Å². The minimum absolute atomic E-state index is 0.0934. The van der Waals surface area contributed by atoms with Gasteiger partial charge in [-0.3, -0.25) is 15.0 Å². The van der Waals surface area contributed by atoms with Crippen LogP contribution in [0.5, 0.6) is 0 Å². The minimum Gasteiger partial charge on any atom is -0.333 e. The number of rotatable bonds is 4. The van der Waals surface area contributed by atoms with E-state index in [0.717, 1.165) is 0 Å². The molecule has 0 heterocycles. The number of amides is 2. The van der Waals surface area contributed by atoms with Crippen LogP contribution in [-0.2, 0) is 9.59 Å². The maximum Gasteiger partial charge on any atom is 0.234 e. The Labute approximate surface area is 64.6 Å². The Kier molecular flexibility index (Phi) is 4.76. The number of nitrogens with two attached hydrogens (primary N) is 1. The third kappa shape index (κ3) is 5.10. The van der Waals surface area contributed by atoms with E-state index in [9.17, 15) is 9.59 Å². The van der Waals surface area contributed by atoms with Crippen LogP contribution in [0.1, 0.15) is 12.8 Å². The largest absolute Gasteiger partial charge is 0.333 e. The summed E-state index contributed by atoms with van der Waals surface area (Å²) in [6, 6.07) is 0. The molecule has 0 aliphatic heterocycles. The standard InChI is InChI=1S/C6H11N3O2/c1-2-8-5(10)3-4-6(11)9-7/h2H,1,3-4,7H2,(H,8,10)(H,9,11). The Balaban J connectivity index is 3.45. The second-order valence-electron chi connectivity index (χ2n) is 1.84. The van der Waals surface area contributed by atoms with E-state index < -0.39 is 0 Å². The Morgan fingerprint density at radius 3 is 2.36 bits per heavy atom. The van der Waals surface area contributed by atoms with Crippen molar-refractivity contribution in [2.24, 2.45) is 5.84 Å². The van der Waals surface area contributed by atoms with E-state index >= 15 is 0 Å². The highest BCUT2D eigenvalue weighted by atomic mass is 16.2. The van der Waals surface area contributed by atoms with Gasteiger partial charge in [-0.05, 0) is 6.20 Å². The molecular weight excluding hydrogens is 146 g/mol. The molecule has 2 amide bonds. The lowest BCUT2D eigenvalue weighted by Gasteiger charge is -1.98. The molecule has 0 aliphatic carbocycles. The van der Waals surface area contributed by atoms with Crippen molar-refractivity contribution in [2.75, 3.05) is 0 Å². The van der Waals surface area contributed by atoms with Gasteiger partial charge in [-0.1, -0.05) is 6.58 Å². The third-order valence-electron chi connectivity index (χ3n) is 1.00. The molecule has 0 aromatic heterocycles. The van der Waals surface area contributed by atoms with Gasteiger partial charge in [-0.15, -0.1) is 0 Å². The lowest BCUT2D eigenvalue weighted by Crippen LogP contribution is -2.31. The molecule has 62 valence electrons. The normalized spacial score (nSPS) is 8.45. The van der Waals surface area contributed by atoms with E-state index in [4.69, 9.17) is 5.84 Å². The molecule has 11 heavy (non-hydrogen) atoms. The van der Waals surface area contributed by atoms with Gasteiger partial charge >= 0.3 is 0 Å². The number of hydrazine groups is 1. The Morgan fingerprint density at radius 2 is 1.91 bits per heavy atom. The molecule has 0 radical (unpaired) electrons.